The SMILES string of the molecule is CCCCCOc1ccc(/C=N\n2cnc3c([nH]c4ccc(OC)cc43)c2=O)cc1. The van der Waals surface area contributed by atoms with Gasteiger partial charge < -0.3 is 14.5 Å². The molecule has 0 spiro atoms. The molecule has 0 fully saturated rings. The minimum absolute atomic E-state index is 0.262. The summed E-state index contributed by atoms with van der Waals surface area (Å²) >= 11 is 0. The first-order chi connectivity index (χ1) is 14.7. The van der Waals surface area contributed by atoms with Crippen LogP contribution in [-0.4, -0.2) is 34.6 Å². The van der Waals surface area contributed by atoms with Gasteiger partial charge in [0.15, 0.2) is 0 Å². The van der Waals surface area contributed by atoms with E-state index in [1.165, 1.54) is 23.8 Å². The number of hydrogen-bond acceptors (Lipinski definition) is 5. The summed E-state index contributed by atoms with van der Waals surface area (Å²) in [6, 6.07) is 13.2. The summed E-state index contributed by atoms with van der Waals surface area (Å²) in [5.41, 5.74) is 2.44. The van der Waals surface area contributed by atoms with Gasteiger partial charge in [0.2, 0.25) is 0 Å². The first-order valence-corrected chi connectivity index (χ1v) is 10.0. The van der Waals surface area contributed by atoms with E-state index >= 15 is 0 Å². The fraction of sp³-hybridized carbons (Fsp3) is 0.261. The molecule has 1 N–H and O–H groups in total. The number of aromatic amines is 1. The van der Waals surface area contributed by atoms with Gasteiger partial charge in [-0.25, -0.2) is 4.98 Å². The van der Waals surface area contributed by atoms with Crippen molar-refractivity contribution in [2.24, 2.45) is 5.10 Å². The van der Waals surface area contributed by atoms with Crippen molar-refractivity contribution in [3.05, 3.63) is 64.7 Å². The molecule has 0 aliphatic rings. The van der Waals surface area contributed by atoms with E-state index in [-0.39, 0.29) is 5.56 Å². The lowest BCUT2D eigenvalue weighted by molar-refractivity contribution is 0.306. The number of nitrogens with one attached hydrogen (secondary N) is 1. The third-order valence-corrected chi connectivity index (χ3v) is 4.92. The summed E-state index contributed by atoms with van der Waals surface area (Å²) in [6.07, 6.45) is 6.45. The van der Waals surface area contributed by atoms with Crippen LogP contribution in [0.5, 0.6) is 11.5 Å². The number of benzene rings is 2. The van der Waals surface area contributed by atoms with Crippen molar-refractivity contribution in [2.45, 2.75) is 26.2 Å². The maximum atomic E-state index is 12.8. The molecule has 0 unspecified atom stereocenters. The third-order valence-electron chi connectivity index (χ3n) is 4.92. The number of nitrogens with zero attached hydrogens (tertiary/aromatic N) is 3. The van der Waals surface area contributed by atoms with E-state index in [4.69, 9.17) is 9.47 Å². The molecule has 0 bridgehead atoms. The van der Waals surface area contributed by atoms with Crippen molar-refractivity contribution in [1.82, 2.24) is 14.6 Å². The molecule has 2 aromatic carbocycles. The fourth-order valence-electron chi connectivity index (χ4n) is 3.26. The normalized spacial score (nSPS) is 11.5. The van der Waals surface area contributed by atoms with E-state index in [2.05, 4.69) is 22.0 Å². The predicted molar refractivity (Wildman–Crippen MR) is 119 cm³/mol. The van der Waals surface area contributed by atoms with E-state index < -0.39 is 0 Å². The Balaban J connectivity index is 1.55. The van der Waals surface area contributed by atoms with Gasteiger partial charge in [-0.2, -0.15) is 9.78 Å². The number of ether oxygens (including phenoxy) is 2. The maximum absolute atomic E-state index is 12.8. The molecular formula is C23H24N4O3. The van der Waals surface area contributed by atoms with Gasteiger partial charge in [0, 0.05) is 10.9 Å². The number of H-pyrrole nitrogens is 1. The van der Waals surface area contributed by atoms with Crippen LogP contribution in [0.25, 0.3) is 21.9 Å². The lowest BCUT2D eigenvalue weighted by Gasteiger charge is -2.05. The van der Waals surface area contributed by atoms with Crippen LogP contribution in [0.3, 0.4) is 0 Å². The van der Waals surface area contributed by atoms with Gasteiger partial charge in [-0.1, -0.05) is 19.8 Å². The second kappa shape index (κ2) is 8.82. The molecule has 30 heavy (non-hydrogen) atoms. The van der Waals surface area contributed by atoms with Crippen molar-refractivity contribution in [1.29, 1.82) is 0 Å². The zero-order chi connectivity index (χ0) is 20.9. The molecule has 0 aliphatic carbocycles. The standard InChI is InChI=1S/C23H24N4O3/c1-3-4-5-12-30-17-8-6-16(7-9-17)14-25-27-15-24-21-19-13-18(29-2)10-11-20(19)26-22(21)23(27)28/h6-11,13-15,26H,3-5,12H2,1-2H3/b25-14-. The Kier molecular flexibility index (Phi) is 5.79. The minimum Gasteiger partial charge on any atom is -0.497 e. The molecule has 0 saturated carbocycles. The number of fused-ring (bicyclic) bond motifs is 3. The zero-order valence-electron chi connectivity index (χ0n) is 17.1. The van der Waals surface area contributed by atoms with Crippen molar-refractivity contribution >= 4 is 28.2 Å². The van der Waals surface area contributed by atoms with Gasteiger partial charge in [-0.15, -0.1) is 0 Å². The molecule has 7 nitrogen and oxygen atoms in total. The highest BCUT2D eigenvalue weighted by atomic mass is 16.5. The highest BCUT2D eigenvalue weighted by Crippen LogP contribution is 2.25. The number of hydrogen-bond donors (Lipinski definition) is 1. The highest BCUT2D eigenvalue weighted by molar-refractivity contribution is 6.04. The Hall–Kier alpha value is -3.61. The van der Waals surface area contributed by atoms with Gasteiger partial charge in [0.05, 0.1) is 19.9 Å². The molecule has 2 heterocycles. The van der Waals surface area contributed by atoms with Gasteiger partial charge >= 0.3 is 0 Å². The van der Waals surface area contributed by atoms with Gasteiger partial charge in [0.25, 0.3) is 5.56 Å². The molecule has 0 atom stereocenters. The molecule has 0 aliphatic heterocycles. The molecule has 0 saturated heterocycles. The maximum Gasteiger partial charge on any atom is 0.298 e. The average Bonchev–Trinajstić information content (AvgIpc) is 3.16. The van der Waals surface area contributed by atoms with Crippen LogP contribution < -0.4 is 15.0 Å². The molecule has 154 valence electrons. The molecule has 0 radical (unpaired) electrons. The first kappa shape index (κ1) is 19.7. The Bertz CT molecular complexity index is 1240. The molecule has 4 aromatic rings. The number of aromatic nitrogens is 3. The Labute approximate surface area is 174 Å². The number of methoxy groups -OCH3 is 1. The van der Waals surface area contributed by atoms with Crippen LogP contribution in [0.1, 0.15) is 31.7 Å². The van der Waals surface area contributed by atoms with Crippen LogP contribution in [-0.2, 0) is 0 Å². The summed E-state index contributed by atoms with van der Waals surface area (Å²) in [7, 11) is 1.61. The van der Waals surface area contributed by atoms with Crippen molar-refractivity contribution in [3.8, 4) is 11.5 Å². The molecular weight excluding hydrogens is 380 g/mol. The lowest BCUT2D eigenvalue weighted by Crippen LogP contribution is -2.17. The topological polar surface area (TPSA) is 81.5 Å². The van der Waals surface area contributed by atoms with E-state index in [1.807, 2.05) is 42.5 Å². The van der Waals surface area contributed by atoms with Crippen LogP contribution >= 0.6 is 0 Å². The largest absolute Gasteiger partial charge is 0.497 e. The summed E-state index contributed by atoms with van der Waals surface area (Å²) in [4.78, 5) is 20.4. The quantitative estimate of drug-likeness (QED) is 0.350. The number of unbranched alkanes of at least 4 members (excludes halogenated alkanes) is 2. The summed E-state index contributed by atoms with van der Waals surface area (Å²) < 4.78 is 12.2. The Morgan fingerprint density at radius 3 is 2.70 bits per heavy atom. The summed E-state index contributed by atoms with van der Waals surface area (Å²) in [5, 5.41) is 5.12. The third kappa shape index (κ3) is 4.05. The van der Waals surface area contributed by atoms with Crippen LogP contribution in [0.4, 0.5) is 0 Å². The van der Waals surface area contributed by atoms with Crippen LogP contribution in [0.2, 0.25) is 0 Å². The van der Waals surface area contributed by atoms with E-state index in [0.29, 0.717) is 16.8 Å². The predicted octanol–water partition coefficient (Wildman–Crippen LogP) is 4.34. The lowest BCUT2D eigenvalue weighted by atomic mass is 10.2. The number of rotatable bonds is 8. The molecule has 2 aromatic heterocycles. The van der Waals surface area contributed by atoms with Gasteiger partial charge in [-0.3, -0.25) is 4.79 Å². The average molecular weight is 404 g/mol. The minimum atomic E-state index is -0.262. The molecule has 0 amide bonds. The molecule has 4 rings (SSSR count). The highest BCUT2D eigenvalue weighted by Gasteiger charge is 2.11. The second-order valence-electron chi connectivity index (χ2n) is 7.02. The van der Waals surface area contributed by atoms with E-state index in [9.17, 15) is 4.79 Å². The monoisotopic (exact) mass is 404 g/mol. The zero-order valence-corrected chi connectivity index (χ0v) is 17.1. The smallest absolute Gasteiger partial charge is 0.298 e. The van der Waals surface area contributed by atoms with Gasteiger partial charge in [0.1, 0.15) is 28.9 Å². The Morgan fingerprint density at radius 2 is 1.93 bits per heavy atom. The van der Waals surface area contributed by atoms with Crippen molar-refractivity contribution < 1.29 is 9.47 Å². The van der Waals surface area contributed by atoms with E-state index in [1.54, 1.807) is 13.3 Å². The van der Waals surface area contributed by atoms with Crippen molar-refractivity contribution in [3.63, 3.8) is 0 Å². The van der Waals surface area contributed by atoms with Gasteiger partial charge in [-0.05, 0) is 54.4 Å². The summed E-state index contributed by atoms with van der Waals surface area (Å²) in [6.45, 7) is 2.89. The molecule has 7 heteroatoms. The van der Waals surface area contributed by atoms with E-state index in [0.717, 1.165) is 35.2 Å². The second-order valence-corrected chi connectivity index (χ2v) is 7.02. The summed E-state index contributed by atoms with van der Waals surface area (Å²) in [5.74, 6) is 1.54. The first-order valence-electron chi connectivity index (χ1n) is 10.0. The van der Waals surface area contributed by atoms with Crippen LogP contribution in [0, 0.1) is 0 Å². The fourth-order valence-corrected chi connectivity index (χ4v) is 3.26. The van der Waals surface area contributed by atoms with Crippen molar-refractivity contribution in [2.75, 3.05) is 13.7 Å². The Morgan fingerprint density at radius 1 is 1.13 bits per heavy atom. The van der Waals surface area contributed by atoms with Crippen LogP contribution in [0.15, 0.2) is 58.7 Å².